The van der Waals surface area contributed by atoms with Crippen LogP contribution in [0.5, 0.6) is 5.75 Å². The Bertz CT molecular complexity index is 1240. The second-order valence-corrected chi connectivity index (χ2v) is 10.8. The number of rotatable bonds is 10. The van der Waals surface area contributed by atoms with Crippen molar-refractivity contribution in [1.29, 1.82) is 0 Å². The number of anilines is 1. The number of thioether (sulfide) groups is 1. The van der Waals surface area contributed by atoms with Gasteiger partial charge in [0.1, 0.15) is 10.8 Å². The number of esters is 1. The van der Waals surface area contributed by atoms with E-state index in [4.69, 9.17) is 21.1 Å². The van der Waals surface area contributed by atoms with Crippen LogP contribution >= 0.6 is 34.7 Å². The minimum atomic E-state index is -0.371. The number of carbonyl (C=O) groups is 2. The van der Waals surface area contributed by atoms with Crippen LogP contribution in [0.3, 0.4) is 0 Å². The number of thiophene rings is 1. The van der Waals surface area contributed by atoms with Crippen LogP contribution in [0.1, 0.15) is 66.3 Å². The first kappa shape index (κ1) is 26.5. The van der Waals surface area contributed by atoms with E-state index in [-0.39, 0.29) is 23.7 Å². The first-order valence-corrected chi connectivity index (χ1v) is 14.2. The van der Waals surface area contributed by atoms with Crippen LogP contribution in [0.4, 0.5) is 5.00 Å². The molecule has 0 radical (unpaired) electrons. The Hall–Kier alpha value is -2.56. The lowest BCUT2D eigenvalue weighted by molar-refractivity contribution is -0.113. The molecular formula is C25H29ClN4O4S2. The Morgan fingerprint density at radius 1 is 1.25 bits per heavy atom. The van der Waals surface area contributed by atoms with Gasteiger partial charge in [0.25, 0.3) is 0 Å². The first-order chi connectivity index (χ1) is 17.4. The molecule has 1 aromatic carbocycles. The van der Waals surface area contributed by atoms with Crippen molar-refractivity contribution in [2.24, 2.45) is 0 Å². The molecule has 0 aliphatic heterocycles. The number of carbonyl (C=O) groups excluding carboxylic acids is 2. The average Bonchev–Trinajstić information content (AvgIpc) is 3.43. The summed E-state index contributed by atoms with van der Waals surface area (Å²) in [5, 5.41) is 13.3. The molecule has 0 bridgehead atoms. The van der Waals surface area contributed by atoms with E-state index in [2.05, 4.69) is 15.5 Å². The van der Waals surface area contributed by atoms with Gasteiger partial charge in [-0.15, -0.1) is 21.5 Å². The number of hydrogen-bond acceptors (Lipinski definition) is 8. The number of hydrogen-bond donors (Lipinski definition) is 1. The van der Waals surface area contributed by atoms with Crippen molar-refractivity contribution in [2.45, 2.75) is 64.3 Å². The molecule has 192 valence electrons. The normalized spacial score (nSPS) is 13.7. The van der Waals surface area contributed by atoms with Gasteiger partial charge in [0.05, 0.1) is 17.9 Å². The molecule has 0 fully saturated rings. The third-order valence-corrected chi connectivity index (χ3v) is 8.18. The predicted molar refractivity (Wildman–Crippen MR) is 142 cm³/mol. The maximum atomic E-state index is 12.9. The van der Waals surface area contributed by atoms with E-state index in [1.54, 1.807) is 19.1 Å². The fraction of sp³-hybridized carbons (Fsp3) is 0.440. The predicted octanol–water partition coefficient (Wildman–Crippen LogP) is 5.94. The van der Waals surface area contributed by atoms with Crippen LogP contribution in [-0.2, 0) is 28.9 Å². The Labute approximate surface area is 223 Å². The molecule has 1 amide bonds. The third kappa shape index (κ3) is 6.04. The Morgan fingerprint density at radius 2 is 2.06 bits per heavy atom. The van der Waals surface area contributed by atoms with Crippen LogP contribution < -0.4 is 10.1 Å². The van der Waals surface area contributed by atoms with Crippen molar-refractivity contribution in [3.63, 3.8) is 0 Å². The summed E-state index contributed by atoms with van der Waals surface area (Å²) < 4.78 is 13.2. The number of benzene rings is 1. The van der Waals surface area contributed by atoms with E-state index in [0.29, 0.717) is 45.5 Å². The monoisotopic (exact) mass is 548 g/mol. The third-order valence-electron chi connectivity index (χ3n) is 5.77. The molecule has 1 aliphatic rings. The van der Waals surface area contributed by atoms with Crippen molar-refractivity contribution in [1.82, 2.24) is 14.8 Å². The summed E-state index contributed by atoms with van der Waals surface area (Å²) in [6.07, 6.45) is 3.53. The number of fused-ring (bicyclic) bond motifs is 1. The molecule has 1 N–H and O–H groups in total. The molecule has 0 saturated heterocycles. The number of nitrogens with zero attached hydrogens (tertiary/aromatic N) is 3. The van der Waals surface area contributed by atoms with Crippen LogP contribution in [0.2, 0.25) is 5.02 Å². The quantitative estimate of drug-likeness (QED) is 0.247. The molecule has 8 nitrogen and oxygen atoms in total. The summed E-state index contributed by atoms with van der Waals surface area (Å²) in [5.41, 5.74) is 1.54. The summed E-state index contributed by atoms with van der Waals surface area (Å²) in [5.74, 6) is 0.858. The topological polar surface area (TPSA) is 95.3 Å². The minimum absolute atomic E-state index is 0.131. The van der Waals surface area contributed by atoms with E-state index in [1.165, 1.54) is 23.1 Å². The minimum Gasteiger partial charge on any atom is -0.483 e. The zero-order valence-corrected chi connectivity index (χ0v) is 22.9. The van der Waals surface area contributed by atoms with Gasteiger partial charge in [0.2, 0.25) is 5.91 Å². The lowest BCUT2D eigenvalue weighted by atomic mass is 9.95. The van der Waals surface area contributed by atoms with Gasteiger partial charge in [-0.1, -0.05) is 29.4 Å². The van der Waals surface area contributed by atoms with Gasteiger partial charge in [-0.25, -0.2) is 4.79 Å². The summed E-state index contributed by atoms with van der Waals surface area (Å²) >= 11 is 8.84. The highest BCUT2D eigenvalue weighted by Crippen LogP contribution is 2.38. The number of amides is 1. The lowest BCUT2D eigenvalue weighted by Crippen LogP contribution is -2.17. The molecule has 2 heterocycles. The molecule has 2 aromatic heterocycles. The summed E-state index contributed by atoms with van der Waals surface area (Å²) in [6, 6.07) is 7.19. The van der Waals surface area contributed by atoms with E-state index >= 15 is 0 Å². The molecule has 3 aromatic rings. The Kier molecular flexibility index (Phi) is 8.92. The molecule has 36 heavy (non-hydrogen) atoms. The zero-order valence-electron chi connectivity index (χ0n) is 20.5. The van der Waals surface area contributed by atoms with Gasteiger partial charge in [0, 0.05) is 16.4 Å². The number of aromatic nitrogens is 3. The molecule has 1 unspecified atom stereocenters. The Balaban J connectivity index is 1.43. The van der Waals surface area contributed by atoms with Gasteiger partial charge in [-0.05, 0) is 70.2 Å². The highest BCUT2D eigenvalue weighted by atomic mass is 35.5. The maximum Gasteiger partial charge on any atom is 0.341 e. The summed E-state index contributed by atoms with van der Waals surface area (Å²) in [4.78, 5) is 26.7. The van der Waals surface area contributed by atoms with E-state index < -0.39 is 0 Å². The zero-order chi connectivity index (χ0) is 25.7. The van der Waals surface area contributed by atoms with Crippen LogP contribution in [0.15, 0.2) is 29.4 Å². The Morgan fingerprint density at radius 3 is 2.81 bits per heavy atom. The average molecular weight is 549 g/mol. The second kappa shape index (κ2) is 12.1. The van der Waals surface area contributed by atoms with E-state index in [0.717, 1.165) is 36.1 Å². The van der Waals surface area contributed by atoms with Gasteiger partial charge >= 0.3 is 5.97 Å². The van der Waals surface area contributed by atoms with E-state index in [9.17, 15) is 9.59 Å². The van der Waals surface area contributed by atoms with Crippen molar-refractivity contribution in [3.8, 4) is 5.75 Å². The van der Waals surface area contributed by atoms with Crippen molar-refractivity contribution >= 4 is 51.6 Å². The van der Waals surface area contributed by atoms with Crippen LogP contribution in [0, 0.1) is 0 Å². The molecule has 1 atom stereocenters. The second-order valence-electron chi connectivity index (χ2n) is 8.27. The highest BCUT2D eigenvalue weighted by molar-refractivity contribution is 7.99. The standard InChI is InChI=1S/C25H29ClN4O4S2/c1-4-30-22(15(3)34-17-10-8-9-16(26)13-17)28-29-25(30)35-14-20(31)27-23-21(24(32)33-5-2)18-11-6-7-12-19(18)36-23/h8-10,13,15H,4-7,11-12,14H2,1-3H3,(H,27,31). The number of nitrogens with one attached hydrogen (secondary N) is 1. The van der Waals surface area contributed by atoms with Gasteiger partial charge < -0.3 is 19.4 Å². The number of halogens is 1. The van der Waals surface area contributed by atoms with Crippen molar-refractivity contribution in [2.75, 3.05) is 17.7 Å². The van der Waals surface area contributed by atoms with E-state index in [1.807, 2.05) is 30.5 Å². The number of ether oxygens (including phenoxy) is 2. The molecule has 4 rings (SSSR count). The largest absolute Gasteiger partial charge is 0.483 e. The van der Waals surface area contributed by atoms with Gasteiger partial charge in [-0.3, -0.25) is 4.79 Å². The molecular weight excluding hydrogens is 520 g/mol. The molecule has 11 heteroatoms. The summed E-state index contributed by atoms with van der Waals surface area (Å²) in [7, 11) is 0. The van der Waals surface area contributed by atoms with Gasteiger partial charge in [0.15, 0.2) is 17.1 Å². The molecule has 0 spiro atoms. The fourth-order valence-corrected chi connectivity index (χ4v) is 6.45. The highest BCUT2D eigenvalue weighted by Gasteiger charge is 2.27. The molecule has 0 saturated carbocycles. The molecule has 1 aliphatic carbocycles. The van der Waals surface area contributed by atoms with Crippen LogP contribution in [-0.4, -0.2) is 39.0 Å². The lowest BCUT2D eigenvalue weighted by Gasteiger charge is -2.15. The van der Waals surface area contributed by atoms with Crippen molar-refractivity contribution < 1.29 is 19.1 Å². The smallest absolute Gasteiger partial charge is 0.341 e. The fourth-order valence-electron chi connectivity index (χ4n) is 4.17. The maximum absolute atomic E-state index is 12.9. The van der Waals surface area contributed by atoms with Crippen molar-refractivity contribution in [3.05, 3.63) is 51.1 Å². The summed E-state index contributed by atoms with van der Waals surface area (Å²) in [6.45, 7) is 6.59. The number of aryl methyl sites for hydroxylation is 1. The first-order valence-electron chi connectivity index (χ1n) is 12.0. The van der Waals surface area contributed by atoms with Crippen LogP contribution in [0.25, 0.3) is 0 Å². The van der Waals surface area contributed by atoms with Gasteiger partial charge in [-0.2, -0.15) is 0 Å². The SMILES string of the molecule is CCOC(=O)c1c(NC(=O)CSc2nnc(C(C)Oc3cccc(Cl)c3)n2CC)sc2c1CCCC2.